The molecule has 0 bridgehead atoms. The minimum Gasteiger partial charge on any atom is -0.495 e. The van der Waals surface area contributed by atoms with Crippen molar-refractivity contribution in [2.24, 2.45) is 0 Å². The van der Waals surface area contributed by atoms with Crippen LogP contribution in [0.2, 0.25) is 0 Å². The monoisotopic (exact) mass is 471 g/mol. The van der Waals surface area contributed by atoms with Gasteiger partial charge in [-0.05, 0) is 49.2 Å². The third-order valence-electron chi connectivity index (χ3n) is 5.77. The van der Waals surface area contributed by atoms with Gasteiger partial charge in [-0.1, -0.05) is 12.5 Å². The summed E-state index contributed by atoms with van der Waals surface area (Å²) in [7, 11) is -2.38. The molecule has 2 aromatic carbocycles. The number of ether oxygens (including phenoxy) is 1. The van der Waals surface area contributed by atoms with Crippen molar-refractivity contribution >= 4 is 39.1 Å². The fourth-order valence-corrected chi connectivity index (χ4v) is 5.75. The van der Waals surface area contributed by atoms with Gasteiger partial charge in [-0.2, -0.15) is 4.31 Å². The lowest BCUT2D eigenvalue weighted by atomic mass is 10.1. The largest absolute Gasteiger partial charge is 0.495 e. The summed E-state index contributed by atoms with van der Waals surface area (Å²) in [5.74, 6) is -0.908. The molecule has 0 radical (unpaired) electrons. The smallest absolute Gasteiger partial charge is 0.255 e. The Balaban J connectivity index is 1.59. The number of imide groups is 1. The first-order valence-electron chi connectivity index (χ1n) is 10.8. The number of sulfonamides is 1. The third-order valence-corrected chi connectivity index (χ3v) is 7.69. The van der Waals surface area contributed by atoms with Crippen LogP contribution in [0.3, 0.4) is 0 Å². The number of amides is 3. The number of benzene rings is 2. The summed E-state index contributed by atoms with van der Waals surface area (Å²) in [5.41, 5.74) is 0.851. The number of methoxy groups -OCH3 is 1. The number of hydrogen-bond donors (Lipinski definition) is 1. The van der Waals surface area contributed by atoms with Gasteiger partial charge in [0.2, 0.25) is 21.8 Å². The van der Waals surface area contributed by atoms with Crippen LogP contribution in [0.25, 0.3) is 0 Å². The summed E-state index contributed by atoms with van der Waals surface area (Å²) in [6, 6.07) is 10.6. The molecule has 174 valence electrons. The topological polar surface area (TPSA) is 113 Å². The standard InChI is InChI=1S/C23H25N3O6S/c1-32-19-9-8-17(15-20(19)33(30,31)25-12-3-2-4-13-25)24-23(29)16-6-5-7-18(14-16)26-21(27)10-11-22(26)28/h5-9,14-15H,2-4,10-13H2,1H3,(H,24,29). The Morgan fingerprint density at radius 1 is 0.970 bits per heavy atom. The Bertz CT molecular complexity index is 1190. The summed E-state index contributed by atoms with van der Waals surface area (Å²) in [6.07, 6.45) is 2.89. The van der Waals surface area contributed by atoms with Crippen molar-refractivity contribution < 1.29 is 27.5 Å². The lowest BCUT2D eigenvalue weighted by Crippen LogP contribution is -2.35. The Kier molecular flexibility index (Phi) is 6.48. The zero-order valence-electron chi connectivity index (χ0n) is 18.2. The van der Waals surface area contributed by atoms with E-state index in [0.717, 1.165) is 24.2 Å². The highest BCUT2D eigenvalue weighted by Crippen LogP contribution is 2.31. The molecule has 0 saturated carbocycles. The molecule has 0 aromatic heterocycles. The summed E-state index contributed by atoms with van der Waals surface area (Å²) in [5, 5.41) is 2.70. The number of carbonyl (C=O) groups excluding carboxylic acids is 3. The van der Waals surface area contributed by atoms with E-state index in [4.69, 9.17) is 4.74 Å². The Morgan fingerprint density at radius 2 is 1.67 bits per heavy atom. The highest BCUT2D eigenvalue weighted by atomic mass is 32.2. The molecule has 2 saturated heterocycles. The van der Waals surface area contributed by atoms with Gasteiger partial charge in [-0.3, -0.25) is 19.3 Å². The van der Waals surface area contributed by atoms with Crippen LogP contribution in [-0.2, 0) is 19.6 Å². The van der Waals surface area contributed by atoms with Crippen LogP contribution < -0.4 is 15.0 Å². The van der Waals surface area contributed by atoms with E-state index < -0.39 is 15.9 Å². The maximum Gasteiger partial charge on any atom is 0.255 e. The molecule has 33 heavy (non-hydrogen) atoms. The highest BCUT2D eigenvalue weighted by Gasteiger charge is 2.31. The lowest BCUT2D eigenvalue weighted by molar-refractivity contribution is -0.121. The second-order valence-corrected chi connectivity index (χ2v) is 9.86. The normalized spacial score (nSPS) is 17.3. The summed E-state index contributed by atoms with van der Waals surface area (Å²) in [4.78, 5) is 38.0. The molecule has 2 aliphatic heterocycles. The second kappa shape index (κ2) is 9.32. The fraction of sp³-hybridized carbons (Fsp3) is 0.348. The van der Waals surface area contributed by atoms with Crippen LogP contribution in [0.1, 0.15) is 42.5 Å². The maximum atomic E-state index is 13.2. The minimum absolute atomic E-state index is 0.00768. The van der Waals surface area contributed by atoms with E-state index in [1.165, 1.54) is 29.6 Å². The van der Waals surface area contributed by atoms with Gasteiger partial charge in [0.25, 0.3) is 5.91 Å². The molecular formula is C23H25N3O6S. The van der Waals surface area contributed by atoms with Crippen molar-refractivity contribution in [2.75, 3.05) is 30.4 Å². The highest BCUT2D eigenvalue weighted by molar-refractivity contribution is 7.89. The van der Waals surface area contributed by atoms with E-state index in [9.17, 15) is 22.8 Å². The van der Waals surface area contributed by atoms with Crippen LogP contribution in [0.15, 0.2) is 47.4 Å². The third kappa shape index (κ3) is 4.62. The van der Waals surface area contributed by atoms with Gasteiger partial charge in [0.1, 0.15) is 10.6 Å². The molecule has 2 aromatic rings. The Hall–Kier alpha value is -3.24. The van der Waals surface area contributed by atoms with E-state index in [0.29, 0.717) is 18.8 Å². The molecule has 4 rings (SSSR count). The van der Waals surface area contributed by atoms with Crippen molar-refractivity contribution in [2.45, 2.75) is 37.0 Å². The quantitative estimate of drug-likeness (QED) is 0.648. The molecule has 9 nitrogen and oxygen atoms in total. The van der Waals surface area contributed by atoms with Gasteiger partial charge in [0.05, 0.1) is 12.8 Å². The molecule has 0 unspecified atom stereocenters. The second-order valence-electron chi connectivity index (χ2n) is 7.96. The first-order chi connectivity index (χ1) is 15.8. The van der Waals surface area contributed by atoms with Gasteiger partial charge in [0.15, 0.2) is 0 Å². The molecule has 2 fully saturated rings. The summed E-state index contributed by atoms with van der Waals surface area (Å²) in [6.45, 7) is 0.894. The molecule has 10 heteroatoms. The van der Waals surface area contributed by atoms with E-state index in [2.05, 4.69) is 5.32 Å². The molecule has 0 spiro atoms. The predicted molar refractivity (Wildman–Crippen MR) is 122 cm³/mol. The van der Waals surface area contributed by atoms with Crippen molar-refractivity contribution in [1.82, 2.24) is 4.31 Å². The number of nitrogens with one attached hydrogen (secondary N) is 1. The average molecular weight is 472 g/mol. The van der Waals surface area contributed by atoms with Crippen LogP contribution in [0, 0.1) is 0 Å². The van der Waals surface area contributed by atoms with Crippen molar-refractivity contribution in [3.8, 4) is 5.75 Å². The van der Waals surface area contributed by atoms with Gasteiger partial charge in [-0.15, -0.1) is 0 Å². The van der Waals surface area contributed by atoms with Gasteiger partial charge < -0.3 is 10.1 Å². The number of anilines is 2. The molecule has 2 aliphatic rings. The maximum absolute atomic E-state index is 13.2. The SMILES string of the molecule is COc1ccc(NC(=O)c2cccc(N3C(=O)CCC3=O)c2)cc1S(=O)(=O)N1CCCCC1. The average Bonchev–Trinajstić information content (AvgIpc) is 3.17. The Labute approximate surface area is 192 Å². The summed E-state index contributed by atoms with van der Waals surface area (Å²) < 4.78 is 33.1. The van der Waals surface area contributed by atoms with Gasteiger partial charge >= 0.3 is 0 Å². The van der Waals surface area contributed by atoms with E-state index >= 15 is 0 Å². The lowest BCUT2D eigenvalue weighted by Gasteiger charge is -2.26. The molecule has 1 N–H and O–H groups in total. The predicted octanol–water partition coefficient (Wildman–Crippen LogP) is 2.78. The molecule has 2 heterocycles. The zero-order valence-corrected chi connectivity index (χ0v) is 19.1. The van der Waals surface area contributed by atoms with Crippen molar-refractivity contribution in [3.05, 3.63) is 48.0 Å². The molecule has 3 amide bonds. The number of rotatable bonds is 6. The minimum atomic E-state index is -3.78. The van der Waals surface area contributed by atoms with Gasteiger partial charge in [0, 0.05) is 37.2 Å². The molecule has 0 atom stereocenters. The summed E-state index contributed by atoms with van der Waals surface area (Å²) >= 11 is 0. The number of nitrogens with zero attached hydrogens (tertiary/aromatic N) is 2. The zero-order chi connectivity index (χ0) is 23.6. The molecule has 0 aliphatic carbocycles. The number of piperidine rings is 1. The van der Waals surface area contributed by atoms with E-state index in [1.807, 2.05) is 0 Å². The van der Waals surface area contributed by atoms with Crippen LogP contribution in [0.4, 0.5) is 11.4 Å². The van der Waals surface area contributed by atoms with Crippen LogP contribution in [0.5, 0.6) is 5.75 Å². The first kappa shape index (κ1) is 22.9. The van der Waals surface area contributed by atoms with Crippen molar-refractivity contribution in [3.63, 3.8) is 0 Å². The Morgan fingerprint density at radius 3 is 2.33 bits per heavy atom. The van der Waals surface area contributed by atoms with E-state index in [-0.39, 0.29) is 46.6 Å². The number of hydrogen-bond acceptors (Lipinski definition) is 6. The first-order valence-corrected chi connectivity index (χ1v) is 12.2. The van der Waals surface area contributed by atoms with Gasteiger partial charge in [-0.25, -0.2) is 8.42 Å². The molecular weight excluding hydrogens is 446 g/mol. The fourth-order valence-electron chi connectivity index (χ4n) is 4.05. The van der Waals surface area contributed by atoms with E-state index in [1.54, 1.807) is 24.3 Å². The van der Waals surface area contributed by atoms with Crippen molar-refractivity contribution in [1.29, 1.82) is 0 Å². The number of carbonyl (C=O) groups is 3. The van der Waals surface area contributed by atoms with Crippen LogP contribution >= 0.6 is 0 Å². The van der Waals surface area contributed by atoms with Crippen LogP contribution in [-0.4, -0.2) is 50.6 Å².